The quantitative estimate of drug-likeness (QED) is 0.910. The lowest BCUT2D eigenvalue weighted by molar-refractivity contribution is 0.0860. The predicted molar refractivity (Wildman–Crippen MR) is 87.6 cm³/mol. The molecule has 0 saturated carbocycles. The van der Waals surface area contributed by atoms with Crippen molar-refractivity contribution >= 4 is 17.8 Å². The lowest BCUT2D eigenvalue weighted by Gasteiger charge is -2.31. The van der Waals surface area contributed by atoms with E-state index < -0.39 is 0 Å². The molecule has 2 rings (SSSR count). The molecule has 1 aromatic rings. The smallest absolute Gasteiger partial charge is 0.409 e. The zero-order chi connectivity index (χ0) is 16.8. The van der Waals surface area contributed by atoms with E-state index in [0.717, 1.165) is 18.7 Å². The van der Waals surface area contributed by atoms with E-state index in [0.29, 0.717) is 25.3 Å². The first kappa shape index (κ1) is 17.1. The van der Waals surface area contributed by atoms with Gasteiger partial charge in [0.25, 0.3) is 5.91 Å². The van der Waals surface area contributed by atoms with Crippen LogP contribution >= 0.6 is 0 Å². The second kappa shape index (κ2) is 7.80. The van der Waals surface area contributed by atoms with E-state index in [2.05, 4.69) is 10.3 Å². The Hall–Kier alpha value is -2.31. The van der Waals surface area contributed by atoms with Crippen LogP contribution in [0.5, 0.6) is 0 Å². The monoisotopic (exact) mass is 320 g/mol. The summed E-state index contributed by atoms with van der Waals surface area (Å²) in [7, 11) is 3.80. The number of likely N-dealkylation sites (tertiary alicyclic amines) is 1. The van der Waals surface area contributed by atoms with Gasteiger partial charge in [0.2, 0.25) is 0 Å². The van der Waals surface area contributed by atoms with Gasteiger partial charge < -0.3 is 19.9 Å². The van der Waals surface area contributed by atoms with Gasteiger partial charge in [0.15, 0.2) is 0 Å². The Morgan fingerprint density at radius 2 is 2.04 bits per heavy atom. The van der Waals surface area contributed by atoms with Gasteiger partial charge in [-0.05, 0) is 31.9 Å². The minimum Gasteiger partial charge on any atom is -0.450 e. The summed E-state index contributed by atoms with van der Waals surface area (Å²) in [5.41, 5.74) is 0.545. The second-order valence-electron chi connectivity index (χ2n) is 5.73. The van der Waals surface area contributed by atoms with Crippen LogP contribution < -0.4 is 10.2 Å². The summed E-state index contributed by atoms with van der Waals surface area (Å²) in [6, 6.07) is 3.66. The fraction of sp³-hybridized carbons (Fsp3) is 0.562. The summed E-state index contributed by atoms with van der Waals surface area (Å²) < 4.78 is 4.98. The summed E-state index contributed by atoms with van der Waals surface area (Å²) in [4.78, 5) is 31.7. The molecule has 0 atom stereocenters. The molecule has 0 bridgehead atoms. The summed E-state index contributed by atoms with van der Waals surface area (Å²) in [6.07, 6.45) is 2.76. The third-order valence-corrected chi connectivity index (χ3v) is 3.82. The van der Waals surface area contributed by atoms with Crippen LogP contribution in [0.3, 0.4) is 0 Å². The van der Waals surface area contributed by atoms with E-state index in [-0.39, 0.29) is 18.0 Å². The van der Waals surface area contributed by atoms with Crippen LogP contribution in [0.2, 0.25) is 0 Å². The van der Waals surface area contributed by atoms with E-state index in [9.17, 15) is 9.59 Å². The van der Waals surface area contributed by atoms with Crippen molar-refractivity contribution in [3.63, 3.8) is 0 Å². The molecule has 7 nitrogen and oxygen atoms in total. The molecule has 0 radical (unpaired) electrons. The molecule has 2 amide bonds. The van der Waals surface area contributed by atoms with Crippen LogP contribution in [-0.2, 0) is 4.74 Å². The Labute approximate surface area is 136 Å². The van der Waals surface area contributed by atoms with Gasteiger partial charge in [0.05, 0.1) is 12.2 Å². The van der Waals surface area contributed by atoms with Crippen LogP contribution in [0.25, 0.3) is 0 Å². The van der Waals surface area contributed by atoms with Crippen LogP contribution in [0.15, 0.2) is 18.3 Å². The number of amides is 2. The first-order valence-corrected chi connectivity index (χ1v) is 7.87. The molecule has 0 spiro atoms. The molecule has 1 saturated heterocycles. The highest BCUT2D eigenvalue weighted by molar-refractivity contribution is 5.94. The number of rotatable bonds is 4. The van der Waals surface area contributed by atoms with Gasteiger partial charge >= 0.3 is 6.09 Å². The third kappa shape index (κ3) is 4.58. The maximum absolute atomic E-state index is 12.2. The van der Waals surface area contributed by atoms with Gasteiger partial charge in [0, 0.05) is 39.4 Å². The molecule has 1 aromatic heterocycles. The standard InChI is InChI=1S/C16H24N4O3/c1-4-23-16(22)20-9-7-13(8-10-20)18-15(21)12-5-6-14(17-11-12)19(2)3/h5-6,11,13H,4,7-10H2,1-3H3,(H,18,21). The zero-order valence-electron chi connectivity index (χ0n) is 13.9. The maximum atomic E-state index is 12.2. The first-order chi connectivity index (χ1) is 11.0. The molecular formula is C16H24N4O3. The number of ether oxygens (including phenoxy) is 1. The lowest BCUT2D eigenvalue weighted by Crippen LogP contribution is -2.46. The van der Waals surface area contributed by atoms with Crippen molar-refractivity contribution < 1.29 is 14.3 Å². The largest absolute Gasteiger partial charge is 0.450 e. The molecule has 126 valence electrons. The molecule has 1 aliphatic heterocycles. The van der Waals surface area contributed by atoms with Crippen LogP contribution in [0, 0.1) is 0 Å². The molecular weight excluding hydrogens is 296 g/mol. The van der Waals surface area contributed by atoms with Crippen molar-refractivity contribution in [2.24, 2.45) is 0 Å². The molecule has 1 fully saturated rings. The molecule has 2 heterocycles. The highest BCUT2D eigenvalue weighted by Crippen LogP contribution is 2.13. The molecule has 1 N–H and O–H groups in total. The molecule has 23 heavy (non-hydrogen) atoms. The Kier molecular flexibility index (Phi) is 5.78. The van der Waals surface area contributed by atoms with Crippen LogP contribution in [-0.4, -0.2) is 61.7 Å². The predicted octanol–water partition coefficient (Wildman–Crippen LogP) is 1.50. The number of hydrogen-bond donors (Lipinski definition) is 1. The maximum Gasteiger partial charge on any atom is 0.409 e. The Balaban J connectivity index is 1.84. The first-order valence-electron chi connectivity index (χ1n) is 7.87. The lowest BCUT2D eigenvalue weighted by atomic mass is 10.0. The Morgan fingerprint density at radius 1 is 1.35 bits per heavy atom. The van der Waals surface area contributed by atoms with Gasteiger partial charge in [0.1, 0.15) is 5.82 Å². The fourth-order valence-corrected chi connectivity index (χ4v) is 2.47. The van der Waals surface area contributed by atoms with E-state index in [1.807, 2.05) is 25.1 Å². The second-order valence-corrected chi connectivity index (χ2v) is 5.73. The van der Waals surface area contributed by atoms with Gasteiger partial charge in [-0.1, -0.05) is 0 Å². The Bertz CT molecular complexity index is 537. The zero-order valence-corrected chi connectivity index (χ0v) is 13.9. The summed E-state index contributed by atoms with van der Waals surface area (Å²) in [6.45, 7) is 3.37. The van der Waals surface area contributed by atoms with E-state index in [4.69, 9.17) is 4.74 Å². The normalized spacial score (nSPS) is 15.2. The average molecular weight is 320 g/mol. The number of anilines is 1. The van der Waals surface area contributed by atoms with Gasteiger partial charge in [-0.3, -0.25) is 4.79 Å². The molecule has 0 unspecified atom stereocenters. The van der Waals surface area contributed by atoms with Crippen molar-refractivity contribution in [3.05, 3.63) is 23.9 Å². The molecule has 0 aromatic carbocycles. The van der Waals surface area contributed by atoms with Crippen molar-refractivity contribution in [1.82, 2.24) is 15.2 Å². The van der Waals surface area contributed by atoms with Crippen LogP contribution in [0.4, 0.5) is 10.6 Å². The minimum absolute atomic E-state index is 0.0710. The van der Waals surface area contributed by atoms with Crippen LogP contribution in [0.1, 0.15) is 30.1 Å². The number of carbonyl (C=O) groups excluding carboxylic acids is 2. The minimum atomic E-state index is -0.277. The Morgan fingerprint density at radius 3 is 2.57 bits per heavy atom. The summed E-state index contributed by atoms with van der Waals surface area (Å²) in [5.74, 6) is 0.682. The van der Waals surface area contributed by atoms with E-state index in [1.54, 1.807) is 24.1 Å². The number of pyridine rings is 1. The molecule has 0 aliphatic carbocycles. The van der Waals surface area contributed by atoms with Crippen molar-refractivity contribution in [2.45, 2.75) is 25.8 Å². The molecule has 7 heteroatoms. The number of nitrogens with one attached hydrogen (secondary N) is 1. The van der Waals surface area contributed by atoms with Crippen molar-refractivity contribution in [1.29, 1.82) is 0 Å². The number of aromatic nitrogens is 1. The van der Waals surface area contributed by atoms with Gasteiger partial charge in [-0.2, -0.15) is 0 Å². The SMILES string of the molecule is CCOC(=O)N1CCC(NC(=O)c2ccc(N(C)C)nc2)CC1. The highest BCUT2D eigenvalue weighted by Gasteiger charge is 2.24. The number of carbonyl (C=O) groups is 2. The summed E-state index contributed by atoms with van der Waals surface area (Å²) in [5, 5.41) is 3.00. The van der Waals surface area contributed by atoms with Crippen molar-refractivity contribution in [2.75, 3.05) is 38.7 Å². The van der Waals surface area contributed by atoms with Gasteiger partial charge in [-0.25, -0.2) is 9.78 Å². The fourth-order valence-electron chi connectivity index (χ4n) is 2.47. The van der Waals surface area contributed by atoms with E-state index in [1.165, 1.54) is 0 Å². The number of piperidine rings is 1. The highest BCUT2D eigenvalue weighted by atomic mass is 16.6. The number of nitrogens with zero attached hydrogens (tertiary/aromatic N) is 3. The summed E-state index contributed by atoms with van der Waals surface area (Å²) >= 11 is 0. The number of hydrogen-bond acceptors (Lipinski definition) is 5. The average Bonchev–Trinajstić information content (AvgIpc) is 2.55. The molecule has 1 aliphatic rings. The van der Waals surface area contributed by atoms with Crippen molar-refractivity contribution in [3.8, 4) is 0 Å². The van der Waals surface area contributed by atoms with E-state index >= 15 is 0 Å². The van der Waals surface area contributed by atoms with Gasteiger partial charge in [-0.15, -0.1) is 0 Å². The third-order valence-electron chi connectivity index (χ3n) is 3.82. The topological polar surface area (TPSA) is 74.8 Å².